The molecule has 0 radical (unpaired) electrons. The van der Waals surface area contributed by atoms with E-state index in [-0.39, 0.29) is 23.1 Å². The topological polar surface area (TPSA) is 126 Å². The second-order valence-electron chi connectivity index (χ2n) is 10.9. The second-order valence-corrected chi connectivity index (χ2v) is 10.9. The van der Waals surface area contributed by atoms with E-state index in [0.717, 1.165) is 24.8 Å². The molecule has 8 heteroatoms. The van der Waals surface area contributed by atoms with Gasteiger partial charge in [-0.2, -0.15) is 0 Å². The molecule has 2 aliphatic rings. The number of esters is 1. The molecule has 0 heterocycles. The predicted molar refractivity (Wildman–Crippen MR) is 149 cm³/mol. The molecule has 210 valence electrons. The smallest absolute Gasteiger partial charge is 0.302 e. The van der Waals surface area contributed by atoms with Crippen molar-refractivity contribution in [1.29, 1.82) is 0 Å². The van der Waals surface area contributed by atoms with Gasteiger partial charge in [-0.1, -0.05) is 38.2 Å². The Balaban J connectivity index is 1.82. The van der Waals surface area contributed by atoms with Crippen LogP contribution in [0, 0.1) is 23.2 Å². The number of hydrogen-bond donors (Lipinski definition) is 4. The number of guanidine groups is 1. The summed E-state index contributed by atoms with van der Waals surface area (Å²) in [6.07, 6.45) is 8.28. The number of ether oxygens (including phenoxy) is 2. The van der Waals surface area contributed by atoms with E-state index in [1.54, 1.807) is 12.1 Å². The quantitative estimate of drug-likeness (QED) is 0.174. The minimum absolute atomic E-state index is 0.0690. The van der Waals surface area contributed by atoms with E-state index < -0.39 is 12.2 Å². The van der Waals surface area contributed by atoms with Crippen LogP contribution in [0.25, 0.3) is 0 Å². The van der Waals surface area contributed by atoms with Gasteiger partial charge in [-0.15, -0.1) is 5.92 Å². The van der Waals surface area contributed by atoms with Gasteiger partial charge in [0, 0.05) is 31.7 Å². The van der Waals surface area contributed by atoms with E-state index >= 15 is 0 Å². The van der Waals surface area contributed by atoms with Crippen LogP contribution in [0.5, 0.6) is 11.5 Å². The normalized spacial score (nSPS) is 27.1. The number of nitrogens with zero attached hydrogens (tertiary/aromatic N) is 1. The van der Waals surface area contributed by atoms with Crippen molar-refractivity contribution in [2.24, 2.45) is 22.1 Å². The molecule has 1 aromatic rings. The van der Waals surface area contributed by atoms with Crippen LogP contribution < -0.4 is 15.8 Å². The summed E-state index contributed by atoms with van der Waals surface area (Å²) in [5, 5.41) is 24.3. The van der Waals surface area contributed by atoms with Gasteiger partial charge in [0.15, 0.2) is 17.5 Å². The summed E-state index contributed by atoms with van der Waals surface area (Å²) in [6.45, 7) is 3.97. The molecule has 0 bridgehead atoms. The number of carbonyl (C=O) groups is 1. The van der Waals surface area contributed by atoms with Gasteiger partial charge in [-0.3, -0.25) is 9.79 Å². The average Bonchev–Trinajstić information content (AvgIpc) is 2.90. The molecule has 0 spiro atoms. The molecule has 1 saturated carbocycles. The number of aliphatic hydroxyl groups excluding tert-OH is 1. The Morgan fingerprint density at radius 2 is 2.03 bits per heavy atom. The van der Waals surface area contributed by atoms with Crippen molar-refractivity contribution >= 4 is 11.9 Å². The van der Waals surface area contributed by atoms with Gasteiger partial charge >= 0.3 is 5.97 Å². The fourth-order valence-electron chi connectivity index (χ4n) is 5.53. The van der Waals surface area contributed by atoms with E-state index in [1.807, 2.05) is 6.07 Å². The summed E-state index contributed by atoms with van der Waals surface area (Å²) in [4.78, 5) is 16.6. The first kappa shape index (κ1) is 29.6. The third-order valence-corrected chi connectivity index (χ3v) is 7.95. The number of methoxy groups -OCH3 is 1. The van der Waals surface area contributed by atoms with Gasteiger partial charge in [0.2, 0.25) is 0 Å². The average molecular weight is 528 g/mol. The third-order valence-electron chi connectivity index (χ3n) is 7.95. The van der Waals surface area contributed by atoms with Crippen LogP contribution in [-0.2, 0) is 16.0 Å². The lowest BCUT2D eigenvalue weighted by Gasteiger charge is -2.32. The van der Waals surface area contributed by atoms with Gasteiger partial charge in [-0.05, 0) is 56.2 Å². The first-order chi connectivity index (χ1) is 18.2. The zero-order chi connectivity index (χ0) is 27.5. The van der Waals surface area contributed by atoms with Gasteiger partial charge in [-0.25, -0.2) is 0 Å². The second kappa shape index (κ2) is 14.3. The summed E-state index contributed by atoms with van der Waals surface area (Å²) >= 11 is 0. The Bertz CT molecular complexity index is 1010. The molecule has 38 heavy (non-hydrogen) atoms. The summed E-state index contributed by atoms with van der Waals surface area (Å²) in [7, 11) is 1.51. The number of phenolic OH excluding ortho intramolecular Hbond substituents is 1. The molecule has 5 N–H and O–H groups in total. The van der Waals surface area contributed by atoms with Crippen LogP contribution in [0.3, 0.4) is 0 Å². The van der Waals surface area contributed by atoms with E-state index in [2.05, 4.69) is 24.1 Å². The third kappa shape index (κ3) is 8.83. The standard InChI is InChI=1S/C30H45N3O5/c1-4-30(20-32-29(31)33-24-10-6-5-7-11-24)15-8-9-23(17-22-12-13-26(36)28(18-22)37-3)27(38-21(2)34)19-25(35)14-16-30/h12-13,18,23-25,27,35-36H,4-7,9-11,14,16-17,19-20H2,1-3H3,(H3,31,32,33)/t23-,25+,27+,30-/m1/s1. The number of nitrogens with one attached hydrogen (secondary N) is 1. The number of carbonyl (C=O) groups excluding carboxylic acids is 1. The number of hydrogen-bond acceptors (Lipinski definition) is 6. The molecule has 0 aliphatic heterocycles. The summed E-state index contributed by atoms with van der Waals surface area (Å²) in [6, 6.07) is 5.61. The number of aliphatic hydroxyl groups is 1. The molecule has 0 amide bonds. The summed E-state index contributed by atoms with van der Waals surface area (Å²) in [5.74, 6) is 7.31. The molecule has 8 nitrogen and oxygen atoms in total. The molecule has 4 atom stereocenters. The highest BCUT2D eigenvalue weighted by molar-refractivity contribution is 5.78. The van der Waals surface area contributed by atoms with Crippen LogP contribution >= 0.6 is 0 Å². The van der Waals surface area contributed by atoms with Gasteiger partial charge < -0.3 is 30.7 Å². The summed E-state index contributed by atoms with van der Waals surface area (Å²) < 4.78 is 11.0. The summed E-state index contributed by atoms with van der Waals surface area (Å²) in [5.41, 5.74) is 6.80. The van der Waals surface area contributed by atoms with E-state index in [9.17, 15) is 15.0 Å². The highest BCUT2D eigenvalue weighted by Crippen LogP contribution is 2.34. The molecule has 0 aromatic heterocycles. The Morgan fingerprint density at radius 1 is 1.26 bits per heavy atom. The lowest BCUT2D eigenvalue weighted by molar-refractivity contribution is -0.151. The van der Waals surface area contributed by atoms with E-state index in [0.29, 0.717) is 56.4 Å². The van der Waals surface area contributed by atoms with Crippen molar-refractivity contribution in [3.8, 4) is 23.3 Å². The largest absolute Gasteiger partial charge is 0.504 e. The van der Waals surface area contributed by atoms with Gasteiger partial charge in [0.1, 0.15) is 6.10 Å². The Kier molecular flexibility index (Phi) is 11.1. The van der Waals surface area contributed by atoms with Crippen LogP contribution in [-0.4, -0.2) is 54.0 Å². The molecule has 2 aliphatic carbocycles. The van der Waals surface area contributed by atoms with Crippen molar-refractivity contribution in [1.82, 2.24) is 5.32 Å². The number of rotatable bonds is 8. The van der Waals surface area contributed by atoms with Crippen molar-refractivity contribution in [2.45, 2.75) is 103 Å². The highest BCUT2D eigenvalue weighted by atomic mass is 16.5. The number of phenols is 1. The lowest BCUT2D eigenvalue weighted by atomic mass is 9.78. The Labute approximate surface area is 227 Å². The molecular formula is C30H45N3O5. The van der Waals surface area contributed by atoms with Crippen molar-refractivity contribution in [3.63, 3.8) is 0 Å². The number of benzene rings is 1. The Hall–Kier alpha value is -2.92. The molecule has 0 saturated heterocycles. The van der Waals surface area contributed by atoms with E-state index in [4.69, 9.17) is 20.2 Å². The van der Waals surface area contributed by atoms with Crippen LogP contribution in [0.4, 0.5) is 0 Å². The zero-order valence-corrected chi connectivity index (χ0v) is 23.2. The number of aliphatic imine (C=N–C) groups is 1. The zero-order valence-electron chi connectivity index (χ0n) is 23.2. The van der Waals surface area contributed by atoms with Crippen molar-refractivity contribution in [3.05, 3.63) is 23.8 Å². The van der Waals surface area contributed by atoms with Crippen molar-refractivity contribution < 1.29 is 24.5 Å². The molecule has 3 rings (SSSR count). The SMILES string of the molecule is CC[C@@]1(CN=C(N)NC2CCCCC2)C#CC[C@H](Cc2ccc(O)c(OC)c2)[C@@H](OC(C)=O)C[C@@H](O)CC1. The van der Waals surface area contributed by atoms with Crippen LogP contribution in [0.15, 0.2) is 23.2 Å². The molecule has 0 unspecified atom stereocenters. The lowest BCUT2D eigenvalue weighted by Crippen LogP contribution is -2.41. The Morgan fingerprint density at radius 3 is 2.71 bits per heavy atom. The number of nitrogens with two attached hydrogens (primary N) is 1. The first-order valence-corrected chi connectivity index (χ1v) is 14.0. The maximum atomic E-state index is 11.9. The minimum Gasteiger partial charge on any atom is -0.504 e. The van der Waals surface area contributed by atoms with E-state index in [1.165, 1.54) is 33.3 Å². The number of aromatic hydroxyl groups is 1. The monoisotopic (exact) mass is 527 g/mol. The molecule has 1 fully saturated rings. The first-order valence-electron chi connectivity index (χ1n) is 14.0. The predicted octanol–water partition coefficient (Wildman–Crippen LogP) is 4.06. The maximum absolute atomic E-state index is 11.9. The van der Waals surface area contributed by atoms with Gasteiger partial charge in [0.05, 0.1) is 25.2 Å². The maximum Gasteiger partial charge on any atom is 0.302 e. The van der Waals surface area contributed by atoms with Crippen molar-refractivity contribution in [2.75, 3.05) is 13.7 Å². The molecule has 1 aromatic carbocycles. The highest BCUT2D eigenvalue weighted by Gasteiger charge is 2.32. The molecular weight excluding hydrogens is 482 g/mol. The minimum atomic E-state index is -0.635. The fourth-order valence-corrected chi connectivity index (χ4v) is 5.53. The fraction of sp³-hybridized carbons (Fsp3) is 0.667. The van der Waals surface area contributed by atoms with Crippen LogP contribution in [0.1, 0.15) is 83.6 Å². The van der Waals surface area contributed by atoms with Gasteiger partial charge in [0.25, 0.3) is 0 Å². The van der Waals surface area contributed by atoms with Crippen LogP contribution in [0.2, 0.25) is 0 Å².